The normalized spacial score (nSPS) is 15.7. The zero-order chi connectivity index (χ0) is 18.7. The van der Waals surface area contributed by atoms with Crippen LogP contribution in [0.2, 0.25) is 0 Å². The van der Waals surface area contributed by atoms with Crippen LogP contribution in [0, 0.1) is 0 Å². The van der Waals surface area contributed by atoms with Crippen molar-refractivity contribution in [3.05, 3.63) is 77.9 Å². The van der Waals surface area contributed by atoms with E-state index < -0.39 is 11.7 Å². The molecule has 0 bridgehead atoms. The first-order valence-electron chi connectivity index (χ1n) is 7.73. The van der Waals surface area contributed by atoms with Gasteiger partial charge in [0.05, 0.1) is 17.5 Å². The van der Waals surface area contributed by atoms with Crippen molar-refractivity contribution in [1.29, 1.82) is 0 Å². The van der Waals surface area contributed by atoms with Crippen molar-refractivity contribution in [2.45, 2.75) is 6.18 Å². The molecule has 1 amide bonds. The van der Waals surface area contributed by atoms with Crippen molar-refractivity contribution in [2.75, 3.05) is 11.4 Å². The summed E-state index contributed by atoms with van der Waals surface area (Å²) >= 11 is 0. The van der Waals surface area contributed by atoms with Crippen molar-refractivity contribution in [3.8, 4) is 0 Å². The molecule has 1 aliphatic rings. The van der Waals surface area contributed by atoms with E-state index in [0.717, 1.165) is 12.3 Å². The van der Waals surface area contributed by atoms with E-state index in [0.29, 0.717) is 17.8 Å². The fraction of sp³-hybridized carbons (Fsp3) is 0.105. The van der Waals surface area contributed by atoms with Crippen LogP contribution in [-0.4, -0.2) is 24.4 Å². The largest absolute Gasteiger partial charge is 0.417 e. The Hall–Kier alpha value is -3.22. The average molecular weight is 357 g/mol. The third kappa shape index (κ3) is 3.28. The lowest BCUT2D eigenvalue weighted by atomic mass is 10.1. The predicted molar refractivity (Wildman–Crippen MR) is 94.6 cm³/mol. The molecule has 0 N–H and O–H groups in total. The number of para-hydroxylation sites is 1. The lowest BCUT2D eigenvalue weighted by molar-refractivity contribution is -0.137. The van der Waals surface area contributed by atoms with Crippen LogP contribution in [0.5, 0.6) is 0 Å². The number of carbonyl (C=O) groups is 1. The molecule has 26 heavy (non-hydrogen) atoms. The molecule has 0 aliphatic carbocycles. The second-order valence-electron chi connectivity index (χ2n) is 5.50. The summed E-state index contributed by atoms with van der Waals surface area (Å²) < 4.78 is 39.0. The number of benzene rings is 2. The molecule has 1 aliphatic heterocycles. The topological polar surface area (TPSA) is 45.0 Å². The summed E-state index contributed by atoms with van der Waals surface area (Å²) in [4.78, 5) is 14.0. The molecule has 2 aromatic rings. The molecule has 0 saturated carbocycles. The molecule has 1 heterocycles. The quantitative estimate of drug-likeness (QED) is 0.462. The minimum atomic E-state index is -4.49. The van der Waals surface area contributed by atoms with Gasteiger partial charge in [-0.25, -0.2) is 0 Å². The molecule has 0 spiro atoms. The Morgan fingerprint density at radius 2 is 1.77 bits per heavy atom. The van der Waals surface area contributed by atoms with Gasteiger partial charge >= 0.3 is 6.18 Å². The zero-order valence-electron chi connectivity index (χ0n) is 13.6. The van der Waals surface area contributed by atoms with Gasteiger partial charge in [0.1, 0.15) is 0 Å². The van der Waals surface area contributed by atoms with Gasteiger partial charge in [0.15, 0.2) is 5.71 Å². The van der Waals surface area contributed by atoms with Gasteiger partial charge in [0.2, 0.25) is 0 Å². The first kappa shape index (κ1) is 17.6. The third-order valence-corrected chi connectivity index (χ3v) is 3.83. The molecule has 132 valence electrons. The van der Waals surface area contributed by atoms with Crippen molar-refractivity contribution in [1.82, 2.24) is 0 Å². The molecule has 4 nitrogen and oxygen atoms in total. The van der Waals surface area contributed by atoms with E-state index in [2.05, 4.69) is 16.8 Å². The van der Waals surface area contributed by atoms with E-state index >= 15 is 0 Å². The number of alkyl halides is 3. The van der Waals surface area contributed by atoms with Gasteiger partial charge in [0, 0.05) is 17.7 Å². The predicted octanol–water partition coefficient (Wildman–Crippen LogP) is 4.06. The van der Waals surface area contributed by atoms with Crippen LogP contribution >= 0.6 is 0 Å². The monoisotopic (exact) mass is 357 g/mol. The Morgan fingerprint density at radius 1 is 1.08 bits per heavy atom. The highest BCUT2D eigenvalue weighted by Crippen LogP contribution is 2.31. The van der Waals surface area contributed by atoms with Gasteiger partial charge in [-0.3, -0.25) is 4.79 Å². The summed E-state index contributed by atoms with van der Waals surface area (Å²) in [5.41, 5.74) is 0.409. The van der Waals surface area contributed by atoms with Crippen LogP contribution in [0.15, 0.2) is 71.4 Å². The van der Waals surface area contributed by atoms with E-state index in [-0.39, 0.29) is 17.2 Å². The molecule has 0 fully saturated rings. The standard InChI is InChI=1S/C19H14F3N3O/c1-2-11-25-16-10-6-4-8-14(16)17(18(25)26)24-23-12-13-7-3-5-9-15(13)19(20,21)22/h2-10,12H,1,11H2/b23-12-,24-17?. The fourth-order valence-electron chi connectivity index (χ4n) is 2.69. The molecule has 0 atom stereocenters. The lowest BCUT2D eigenvalue weighted by Crippen LogP contribution is -2.30. The molecular formula is C19H14F3N3O. The summed E-state index contributed by atoms with van der Waals surface area (Å²) in [5.74, 6) is -0.368. The van der Waals surface area contributed by atoms with Gasteiger partial charge in [-0.05, 0) is 12.1 Å². The molecule has 0 unspecified atom stereocenters. The first-order chi connectivity index (χ1) is 12.4. The highest BCUT2D eigenvalue weighted by molar-refractivity contribution is 6.54. The molecule has 2 aromatic carbocycles. The maximum atomic E-state index is 13.0. The van der Waals surface area contributed by atoms with Crippen LogP contribution in [0.4, 0.5) is 18.9 Å². The first-order valence-corrected chi connectivity index (χ1v) is 7.73. The molecular weight excluding hydrogens is 343 g/mol. The minimum Gasteiger partial charge on any atom is -0.302 e. The molecule has 0 radical (unpaired) electrons. The van der Waals surface area contributed by atoms with E-state index in [4.69, 9.17) is 0 Å². The summed E-state index contributed by atoms with van der Waals surface area (Å²) in [6.45, 7) is 3.92. The Balaban J connectivity index is 1.96. The van der Waals surface area contributed by atoms with Crippen LogP contribution in [0.1, 0.15) is 16.7 Å². The Bertz CT molecular complexity index is 916. The number of nitrogens with zero attached hydrogens (tertiary/aromatic N) is 3. The van der Waals surface area contributed by atoms with E-state index in [1.807, 2.05) is 0 Å². The number of halogens is 3. The third-order valence-electron chi connectivity index (χ3n) is 3.83. The van der Waals surface area contributed by atoms with E-state index in [1.54, 1.807) is 30.3 Å². The van der Waals surface area contributed by atoms with Crippen molar-refractivity contribution < 1.29 is 18.0 Å². The minimum absolute atomic E-state index is 0.0863. The van der Waals surface area contributed by atoms with Gasteiger partial charge in [-0.1, -0.05) is 42.5 Å². The summed E-state index contributed by atoms with van der Waals surface area (Å²) in [7, 11) is 0. The Labute approximate surface area is 148 Å². The van der Waals surface area contributed by atoms with Crippen LogP contribution in [0.3, 0.4) is 0 Å². The summed E-state index contributed by atoms with van der Waals surface area (Å²) in [6, 6.07) is 12.1. The zero-order valence-corrected chi connectivity index (χ0v) is 13.6. The average Bonchev–Trinajstić information content (AvgIpc) is 2.88. The van der Waals surface area contributed by atoms with Gasteiger partial charge < -0.3 is 4.90 Å². The highest BCUT2D eigenvalue weighted by atomic mass is 19.4. The second-order valence-corrected chi connectivity index (χ2v) is 5.50. The maximum absolute atomic E-state index is 13.0. The van der Waals surface area contributed by atoms with E-state index in [1.165, 1.54) is 23.1 Å². The van der Waals surface area contributed by atoms with Crippen molar-refractivity contribution in [2.24, 2.45) is 10.2 Å². The lowest BCUT2D eigenvalue weighted by Gasteiger charge is -2.13. The number of rotatable bonds is 4. The number of hydrogen-bond acceptors (Lipinski definition) is 3. The van der Waals surface area contributed by atoms with Gasteiger partial charge in [-0.15, -0.1) is 11.7 Å². The van der Waals surface area contributed by atoms with Crippen LogP contribution in [0.25, 0.3) is 0 Å². The summed E-state index contributed by atoms with van der Waals surface area (Å²) in [6.07, 6.45) is -1.91. The van der Waals surface area contributed by atoms with Crippen molar-refractivity contribution >= 4 is 23.5 Å². The number of carbonyl (C=O) groups excluding carboxylic acids is 1. The Morgan fingerprint density at radius 3 is 2.50 bits per heavy atom. The molecule has 0 aromatic heterocycles. The molecule has 0 saturated heterocycles. The van der Waals surface area contributed by atoms with E-state index in [9.17, 15) is 18.0 Å². The van der Waals surface area contributed by atoms with Gasteiger partial charge in [-0.2, -0.15) is 18.3 Å². The highest BCUT2D eigenvalue weighted by Gasteiger charge is 2.34. The number of hydrogen-bond donors (Lipinski definition) is 0. The number of amides is 1. The smallest absolute Gasteiger partial charge is 0.302 e. The Kier molecular flexibility index (Phi) is 4.71. The van der Waals surface area contributed by atoms with Crippen LogP contribution < -0.4 is 4.90 Å². The number of anilines is 1. The SMILES string of the molecule is C=CCN1C(=O)C(=N/N=C\c2ccccc2C(F)(F)F)c2ccccc21. The fourth-order valence-corrected chi connectivity index (χ4v) is 2.69. The molecule has 3 rings (SSSR count). The van der Waals surface area contributed by atoms with Crippen molar-refractivity contribution in [3.63, 3.8) is 0 Å². The number of fused-ring (bicyclic) bond motifs is 1. The molecule has 7 heteroatoms. The van der Waals surface area contributed by atoms with Gasteiger partial charge in [0.25, 0.3) is 5.91 Å². The summed E-state index contributed by atoms with van der Waals surface area (Å²) in [5, 5.41) is 7.62. The van der Waals surface area contributed by atoms with Crippen LogP contribution in [-0.2, 0) is 11.0 Å². The maximum Gasteiger partial charge on any atom is 0.417 e. The second kappa shape index (κ2) is 6.95.